The third-order valence-electron chi connectivity index (χ3n) is 3.89. The van der Waals surface area contributed by atoms with E-state index in [1.54, 1.807) is 0 Å². The van der Waals surface area contributed by atoms with Crippen molar-refractivity contribution in [3.8, 4) is 0 Å². The van der Waals surface area contributed by atoms with E-state index in [1.807, 2.05) is 0 Å². The highest BCUT2D eigenvalue weighted by Gasteiger charge is 2.16. The highest BCUT2D eigenvalue weighted by atomic mass is 35.5. The minimum absolute atomic E-state index is 0. The smallest absolute Gasteiger partial charge is 0.236 e. The average molecular weight is 342 g/mol. The maximum absolute atomic E-state index is 11.7. The first-order valence-electron chi connectivity index (χ1n) is 7.74. The summed E-state index contributed by atoms with van der Waals surface area (Å²) in [6.07, 6.45) is 4.40. The summed E-state index contributed by atoms with van der Waals surface area (Å²) >= 11 is 0. The molecule has 4 nitrogen and oxygen atoms in total. The van der Waals surface area contributed by atoms with Crippen molar-refractivity contribution in [1.82, 2.24) is 10.2 Å². The van der Waals surface area contributed by atoms with Crippen molar-refractivity contribution in [3.05, 3.63) is 0 Å². The largest absolute Gasteiger partial charge is 0.355 e. The predicted octanol–water partition coefficient (Wildman–Crippen LogP) is 2.44. The molecule has 3 N–H and O–H groups in total. The second kappa shape index (κ2) is 12.5. The summed E-state index contributed by atoms with van der Waals surface area (Å²) in [5.41, 5.74) is 5.84. The van der Waals surface area contributed by atoms with E-state index >= 15 is 0 Å². The van der Waals surface area contributed by atoms with Gasteiger partial charge in [-0.1, -0.05) is 20.8 Å². The van der Waals surface area contributed by atoms with Gasteiger partial charge in [0.15, 0.2) is 0 Å². The van der Waals surface area contributed by atoms with Crippen molar-refractivity contribution in [2.24, 2.45) is 17.6 Å². The van der Waals surface area contributed by atoms with E-state index in [-0.39, 0.29) is 36.8 Å². The molecule has 1 aliphatic rings. The van der Waals surface area contributed by atoms with Crippen molar-refractivity contribution < 1.29 is 4.79 Å². The Morgan fingerprint density at radius 1 is 1.29 bits per heavy atom. The van der Waals surface area contributed by atoms with Crippen LogP contribution in [0.3, 0.4) is 0 Å². The Bertz CT molecular complexity index is 270. The molecule has 6 heteroatoms. The van der Waals surface area contributed by atoms with Gasteiger partial charge in [-0.2, -0.15) is 0 Å². The van der Waals surface area contributed by atoms with Crippen molar-refractivity contribution in [2.45, 2.75) is 52.5 Å². The van der Waals surface area contributed by atoms with E-state index in [9.17, 15) is 4.79 Å². The first-order valence-corrected chi connectivity index (χ1v) is 7.74. The van der Waals surface area contributed by atoms with Crippen molar-refractivity contribution in [1.29, 1.82) is 0 Å². The van der Waals surface area contributed by atoms with Crippen molar-refractivity contribution in [3.63, 3.8) is 0 Å². The number of carbonyl (C=O) groups is 1. The van der Waals surface area contributed by atoms with Gasteiger partial charge in [0.1, 0.15) is 0 Å². The van der Waals surface area contributed by atoms with Crippen LogP contribution in [-0.4, -0.2) is 43.0 Å². The Morgan fingerprint density at radius 2 is 1.86 bits per heavy atom. The summed E-state index contributed by atoms with van der Waals surface area (Å²) in [6, 6.07) is -0.351. The summed E-state index contributed by atoms with van der Waals surface area (Å²) in [6.45, 7) is 10.8. The summed E-state index contributed by atoms with van der Waals surface area (Å²) < 4.78 is 0. The fourth-order valence-electron chi connectivity index (χ4n) is 2.55. The Labute approximate surface area is 142 Å². The number of halogens is 2. The van der Waals surface area contributed by atoms with Crippen LogP contribution in [0, 0.1) is 11.8 Å². The fraction of sp³-hybridized carbons (Fsp3) is 0.933. The maximum atomic E-state index is 11.7. The highest BCUT2D eigenvalue weighted by molar-refractivity contribution is 5.85. The third-order valence-corrected chi connectivity index (χ3v) is 3.89. The normalized spacial score (nSPS) is 17.8. The zero-order chi connectivity index (χ0) is 14.3. The Morgan fingerprint density at radius 3 is 2.38 bits per heavy atom. The average Bonchev–Trinajstić information content (AvgIpc) is 2.35. The Kier molecular flexibility index (Phi) is 13.8. The molecular weight excluding hydrogens is 309 g/mol. The minimum Gasteiger partial charge on any atom is -0.355 e. The van der Waals surface area contributed by atoms with E-state index in [0.29, 0.717) is 5.92 Å². The monoisotopic (exact) mass is 341 g/mol. The molecule has 0 aromatic heterocycles. The molecule has 128 valence electrons. The van der Waals surface area contributed by atoms with Crippen LogP contribution >= 0.6 is 24.8 Å². The molecule has 1 fully saturated rings. The van der Waals surface area contributed by atoms with Gasteiger partial charge < -0.3 is 16.0 Å². The van der Waals surface area contributed by atoms with Gasteiger partial charge in [-0.3, -0.25) is 4.79 Å². The highest BCUT2D eigenvalue weighted by Crippen LogP contribution is 2.15. The van der Waals surface area contributed by atoms with E-state index in [4.69, 9.17) is 5.73 Å². The number of nitrogens with zero attached hydrogens (tertiary/aromatic N) is 1. The molecule has 1 aliphatic heterocycles. The topological polar surface area (TPSA) is 58.4 Å². The van der Waals surface area contributed by atoms with Crippen LogP contribution in [0.4, 0.5) is 0 Å². The number of hydrogen-bond donors (Lipinski definition) is 2. The van der Waals surface area contributed by atoms with Crippen LogP contribution in [0.1, 0.15) is 46.5 Å². The molecular formula is C15H33Cl2N3O. The Balaban J connectivity index is 0. The van der Waals surface area contributed by atoms with Crippen LogP contribution in [0.15, 0.2) is 0 Å². The van der Waals surface area contributed by atoms with Gasteiger partial charge in [-0.25, -0.2) is 0 Å². The molecule has 1 rings (SSSR count). The molecule has 0 unspecified atom stereocenters. The summed E-state index contributed by atoms with van der Waals surface area (Å²) in [7, 11) is 0. The second-order valence-electron chi connectivity index (χ2n) is 6.40. The quantitative estimate of drug-likeness (QED) is 0.699. The molecule has 0 saturated carbocycles. The summed E-state index contributed by atoms with van der Waals surface area (Å²) in [5.74, 6) is 1.35. The maximum Gasteiger partial charge on any atom is 0.236 e. The summed E-state index contributed by atoms with van der Waals surface area (Å²) in [5, 5.41) is 2.95. The van der Waals surface area contributed by atoms with Crippen LogP contribution in [0.5, 0.6) is 0 Å². The number of likely N-dealkylation sites (tertiary alicyclic amines) is 1. The zero-order valence-corrected chi connectivity index (χ0v) is 15.3. The van der Waals surface area contributed by atoms with E-state index < -0.39 is 0 Å². The second-order valence-corrected chi connectivity index (χ2v) is 6.40. The van der Waals surface area contributed by atoms with E-state index in [1.165, 1.54) is 25.9 Å². The van der Waals surface area contributed by atoms with Crippen LogP contribution in [-0.2, 0) is 4.79 Å². The van der Waals surface area contributed by atoms with Gasteiger partial charge in [0.25, 0.3) is 0 Å². The lowest BCUT2D eigenvalue weighted by atomic mass is 9.99. The predicted molar refractivity (Wildman–Crippen MR) is 94.4 cm³/mol. The van der Waals surface area contributed by atoms with Gasteiger partial charge in [-0.05, 0) is 57.2 Å². The molecule has 1 saturated heterocycles. The molecule has 0 bridgehead atoms. The number of piperidine rings is 1. The number of nitrogens with two attached hydrogens (primary N) is 1. The summed E-state index contributed by atoms with van der Waals surface area (Å²) in [4.78, 5) is 14.2. The number of carbonyl (C=O) groups excluding carboxylic acids is 1. The lowest BCUT2D eigenvalue weighted by molar-refractivity contribution is -0.122. The molecule has 0 spiro atoms. The van der Waals surface area contributed by atoms with E-state index in [0.717, 1.165) is 31.8 Å². The molecule has 21 heavy (non-hydrogen) atoms. The molecule has 1 heterocycles. The van der Waals surface area contributed by atoms with Crippen LogP contribution in [0.2, 0.25) is 0 Å². The molecule has 0 aromatic rings. The van der Waals surface area contributed by atoms with Gasteiger partial charge in [0, 0.05) is 6.54 Å². The van der Waals surface area contributed by atoms with Gasteiger partial charge in [0.05, 0.1) is 6.04 Å². The van der Waals surface area contributed by atoms with Crippen LogP contribution < -0.4 is 11.1 Å². The van der Waals surface area contributed by atoms with Gasteiger partial charge in [-0.15, -0.1) is 24.8 Å². The number of hydrogen-bond acceptors (Lipinski definition) is 3. The standard InChI is InChI=1S/C15H31N3O.2ClH/c1-12(2)11-14(16)15(19)17-7-4-8-18-9-5-13(3)6-10-18;;/h12-14H,4-11,16H2,1-3H3,(H,17,19);2*1H/t14-;;/m0../s1. The lowest BCUT2D eigenvalue weighted by Gasteiger charge is -2.30. The molecule has 0 aromatic carbocycles. The lowest BCUT2D eigenvalue weighted by Crippen LogP contribution is -2.42. The fourth-order valence-corrected chi connectivity index (χ4v) is 2.55. The van der Waals surface area contributed by atoms with Gasteiger partial charge in [0.2, 0.25) is 5.91 Å². The molecule has 1 atom stereocenters. The number of amides is 1. The Hall–Kier alpha value is -0.0300. The first-order chi connectivity index (χ1) is 8.99. The van der Waals surface area contributed by atoms with Crippen molar-refractivity contribution >= 4 is 30.7 Å². The first kappa shape index (κ1) is 23.2. The molecule has 0 radical (unpaired) electrons. The van der Waals surface area contributed by atoms with Gasteiger partial charge >= 0.3 is 0 Å². The molecule has 1 amide bonds. The third kappa shape index (κ3) is 10.3. The number of rotatable bonds is 7. The van der Waals surface area contributed by atoms with Crippen molar-refractivity contribution in [2.75, 3.05) is 26.2 Å². The SMILES string of the molecule is CC(C)C[C@H](N)C(=O)NCCCN1CCC(C)CC1.Cl.Cl. The molecule has 0 aliphatic carbocycles. The number of nitrogens with one attached hydrogen (secondary N) is 1. The minimum atomic E-state index is -0.351. The zero-order valence-electron chi connectivity index (χ0n) is 13.6. The van der Waals surface area contributed by atoms with E-state index in [2.05, 4.69) is 31.0 Å². The van der Waals surface area contributed by atoms with Crippen LogP contribution in [0.25, 0.3) is 0 Å².